The van der Waals surface area contributed by atoms with Gasteiger partial charge in [0.2, 0.25) is 0 Å². The summed E-state index contributed by atoms with van der Waals surface area (Å²) >= 11 is 12.8. The Hall–Kier alpha value is -2.67. The normalized spacial score (nSPS) is 15.6. The summed E-state index contributed by atoms with van der Waals surface area (Å²) in [6.45, 7) is 0. The lowest BCUT2D eigenvalue weighted by Gasteiger charge is -2.12. The first kappa shape index (κ1) is 18.7. The third-order valence-corrected chi connectivity index (χ3v) is 5.59. The molecule has 1 aliphatic heterocycles. The fourth-order valence-corrected chi connectivity index (χ4v) is 3.81. The summed E-state index contributed by atoms with van der Waals surface area (Å²) < 4.78 is 5.76. The standard InChI is InChI=1S/C20H11Cl2NO4S/c21-15-6-4-11(8-16(15)22)17-7-5-14(27-17)10-18-19(25)23(20(26)28-18)12-2-1-3-13(24)9-12/h1-10,24H/b18-10+. The number of benzene rings is 2. The molecule has 0 aliphatic carbocycles. The van der Waals surface area contributed by atoms with Crippen LogP contribution in [0.2, 0.25) is 10.0 Å². The molecule has 2 heterocycles. The zero-order chi connectivity index (χ0) is 19.8. The highest BCUT2D eigenvalue weighted by Gasteiger charge is 2.36. The number of aromatic hydroxyl groups is 1. The molecule has 3 aromatic rings. The number of rotatable bonds is 3. The summed E-state index contributed by atoms with van der Waals surface area (Å²) in [6.07, 6.45) is 1.51. The SMILES string of the molecule is O=C1S/C(=C/c2ccc(-c3ccc(Cl)c(Cl)c3)o2)C(=O)N1c1cccc(O)c1. The van der Waals surface area contributed by atoms with Crippen LogP contribution in [0.3, 0.4) is 0 Å². The summed E-state index contributed by atoms with van der Waals surface area (Å²) in [5.74, 6) is 0.463. The molecule has 0 bridgehead atoms. The first-order valence-electron chi connectivity index (χ1n) is 8.04. The van der Waals surface area contributed by atoms with E-state index in [0.29, 0.717) is 27.3 Å². The van der Waals surface area contributed by atoms with Gasteiger partial charge in [-0.3, -0.25) is 9.59 Å². The van der Waals surface area contributed by atoms with Gasteiger partial charge in [-0.25, -0.2) is 4.90 Å². The zero-order valence-electron chi connectivity index (χ0n) is 14.1. The second-order valence-corrected chi connectivity index (χ2v) is 7.68. The van der Waals surface area contributed by atoms with E-state index in [4.69, 9.17) is 27.6 Å². The number of hydrogen-bond donors (Lipinski definition) is 1. The molecule has 1 aromatic heterocycles. The summed E-state index contributed by atoms with van der Waals surface area (Å²) in [7, 11) is 0. The predicted octanol–water partition coefficient (Wildman–Crippen LogP) is 6.20. The lowest BCUT2D eigenvalue weighted by atomic mass is 10.2. The van der Waals surface area contributed by atoms with Gasteiger partial charge in [0.25, 0.3) is 11.1 Å². The second-order valence-electron chi connectivity index (χ2n) is 5.87. The van der Waals surface area contributed by atoms with Crippen LogP contribution in [0, 0.1) is 0 Å². The molecule has 28 heavy (non-hydrogen) atoms. The molecule has 2 aromatic carbocycles. The van der Waals surface area contributed by atoms with Crippen LogP contribution in [-0.2, 0) is 4.79 Å². The van der Waals surface area contributed by atoms with E-state index in [1.54, 1.807) is 42.5 Å². The number of phenolic OH excluding ortho intramolecular Hbond substituents is 1. The molecule has 0 saturated carbocycles. The first-order valence-corrected chi connectivity index (χ1v) is 9.62. The van der Waals surface area contributed by atoms with Gasteiger partial charge in [-0.05, 0) is 54.2 Å². The van der Waals surface area contributed by atoms with E-state index in [-0.39, 0.29) is 10.7 Å². The van der Waals surface area contributed by atoms with Crippen LogP contribution in [0.15, 0.2) is 63.9 Å². The maximum absolute atomic E-state index is 12.7. The Morgan fingerprint density at radius 2 is 1.82 bits per heavy atom. The minimum absolute atomic E-state index is 0.0298. The summed E-state index contributed by atoms with van der Waals surface area (Å²) in [4.78, 5) is 26.2. The van der Waals surface area contributed by atoms with Gasteiger partial charge >= 0.3 is 0 Å². The highest BCUT2D eigenvalue weighted by atomic mass is 35.5. The van der Waals surface area contributed by atoms with Crippen molar-refractivity contribution in [1.29, 1.82) is 0 Å². The van der Waals surface area contributed by atoms with Crippen LogP contribution in [0.1, 0.15) is 5.76 Å². The molecule has 2 amide bonds. The van der Waals surface area contributed by atoms with Crippen molar-refractivity contribution in [3.63, 3.8) is 0 Å². The monoisotopic (exact) mass is 431 g/mol. The zero-order valence-corrected chi connectivity index (χ0v) is 16.4. The highest BCUT2D eigenvalue weighted by molar-refractivity contribution is 8.19. The quantitative estimate of drug-likeness (QED) is 0.499. The van der Waals surface area contributed by atoms with Crippen molar-refractivity contribution in [2.24, 2.45) is 0 Å². The Bertz CT molecular complexity index is 1140. The van der Waals surface area contributed by atoms with Gasteiger partial charge in [-0.15, -0.1) is 0 Å². The number of anilines is 1. The fraction of sp³-hybridized carbons (Fsp3) is 0. The van der Waals surface area contributed by atoms with E-state index >= 15 is 0 Å². The van der Waals surface area contributed by atoms with Crippen molar-refractivity contribution in [3.05, 3.63) is 75.3 Å². The average molecular weight is 432 g/mol. The number of carbonyl (C=O) groups excluding carboxylic acids is 2. The molecule has 140 valence electrons. The minimum Gasteiger partial charge on any atom is -0.508 e. The van der Waals surface area contributed by atoms with Crippen LogP contribution < -0.4 is 4.90 Å². The summed E-state index contributed by atoms with van der Waals surface area (Å²) in [5.41, 5.74) is 1.05. The average Bonchev–Trinajstić information content (AvgIpc) is 3.22. The van der Waals surface area contributed by atoms with Gasteiger partial charge in [0.15, 0.2) is 0 Å². The summed E-state index contributed by atoms with van der Waals surface area (Å²) in [6, 6.07) is 14.5. The van der Waals surface area contributed by atoms with Crippen molar-refractivity contribution in [2.45, 2.75) is 0 Å². The molecule has 1 N–H and O–H groups in total. The van der Waals surface area contributed by atoms with Gasteiger partial charge in [0.1, 0.15) is 17.3 Å². The van der Waals surface area contributed by atoms with Gasteiger partial charge in [-0.2, -0.15) is 0 Å². The number of halogens is 2. The molecule has 1 aliphatic rings. The second kappa shape index (κ2) is 7.39. The number of carbonyl (C=O) groups is 2. The first-order chi connectivity index (χ1) is 13.4. The molecule has 0 unspecified atom stereocenters. The Balaban J connectivity index is 1.61. The Kier molecular flexibility index (Phi) is 4.93. The maximum atomic E-state index is 12.7. The molecule has 0 radical (unpaired) electrons. The van der Waals surface area contributed by atoms with Gasteiger partial charge < -0.3 is 9.52 Å². The number of nitrogens with zero attached hydrogens (tertiary/aromatic N) is 1. The van der Waals surface area contributed by atoms with Gasteiger partial charge in [0.05, 0.1) is 20.6 Å². The Labute approximate surface area is 174 Å². The lowest BCUT2D eigenvalue weighted by molar-refractivity contribution is -0.113. The molecule has 4 rings (SSSR count). The number of imide groups is 1. The number of phenols is 1. The summed E-state index contributed by atoms with van der Waals surface area (Å²) in [5, 5.41) is 9.99. The third-order valence-electron chi connectivity index (χ3n) is 3.99. The third kappa shape index (κ3) is 3.54. The van der Waals surface area contributed by atoms with E-state index in [1.165, 1.54) is 18.2 Å². The predicted molar refractivity (Wildman–Crippen MR) is 111 cm³/mol. The van der Waals surface area contributed by atoms with Crippen molar-refractivity contribution < 1.29 is 19.1 Å². The van der Waals surface area contributed by atoms with Crippen LogP contribution in [0.4, 0.5) is 10.5 Å². The Morgan fingerprint density at radius 1 is 1.00 bits per heavy atom. The van der Waals surface area contributed by atoms with E-state index < -0.39 is 11.1 Å². The Morgan fingerprint density at radius 3 is 2.57 bits per heavy atom. The van der Waals surface area contributed by atoms with Crippen LogP contribution in [0.5, 0.6) is 5.75 Å². The van der Waals surface area contributed by atoms with Crippen molar-refractivity contribution in [1.82, 2.24) is 0 Å². The molecule has 8 heteroatoms. The molecular formula is C20H11Cl2NO4S. The number of hydrogen-bond acceptors (Lipinski definition) is 5. The van der Waals surface area contributed by atoms with E-state index in [1.807, 2.05) is 0 Å². The van der Waals surface area contributed by atoms with Gasteiger partial charge in [-0.1, -0.05) is 29.3 Å². The lowest BCUT2D eigenvalue weighted by Crippen LogP contribution is -2.27. The van der Waals surface area contributed by atoms with Crippen LogP contribution >= 0.6 is 35.0 Å². The maximum Gasteiger partial charge on any atom is 0.298 e. The van der Waals surface area contributed by atoms with E-state index in [9.17, 15) is 14.7 Å². The fourth-order valence-electron chi connectivity index (χ4n) is 2.69. The smallest absolute Gasteiger partial charge is 0.298 e. The number of thioether (sulfide) groups is 1. The molecular weight excluding hydrogens is 421 g/mol. The topological polar surface area (TPSA) is 70.8 Å². The molecule has 0 atom stereocenters. The van der Waals surface area contributed by atoms with Crippen molar-refractivity contribution >= 4 is 57.9 Å². The van der Waals surface area contributed by atoms with Crippen LogP contribution in [0.25, 0.3) is 17.4 Å². The molecule has 1 saturated heterocycles. The van der Waals surface area contributed by atoms with E-state index in [0.717, 1.165) is 22.2 Å². The number of amides is 2. The van der Waals surface area contributed by atoms with Crippen molar-refractivity contribution in [2.75, 3.05) is 4.90 Å². The van der Waals surface area contributed by atoms with Crippen LogP contribution in [-0.4, -0.2) is 16.3 Å². The van der Waals surface area contributed by atoms with Crippen molar-refractivity contribution in [3.8, 4) is 17.1 Å². The minimum atomic E-state index is -0.479. The van der Waals surface area contributed by atoms with E-state index in [2.05, 4.69) is 0 Å². The largest absolute Gasteiger partial charge is 0.508 e. The molecule has 5 nitrogen and oxygen atoms in total. The molecule has 1 fully saturated rings. The molecule has 0 spiro atoms. The number of furan rings is 1. The van der Waals surface area contributed by atoms with Gasteiger partial charge in [0, 0.05) is 17.7 Å². The highest BCUT2D eigenvalue weighted by Crippen LogP contribution is 2.37.